The molecule has 2 heterocycles. The van der Waals surface area contributed by atoms with Gasteiger partial charge < -0.3 is 5.32 Å². The van der Waals surface area contributed by atoms with Crippen molar-refractivity contribution in [3.63, 3.8) is 0 Å². The number of nitrogens with zero attached hydrogens (tertiary/aromatic N) is 3. The van der Waals surface area contributed by atoms with Crippen LogP contribution in [-0.4, -0.2) is 26.8 Å². The van der Waals surface area contributed by atoms with Gasteiger partial charge in [-0.3, -0.25) is 14.2 Å². The Kier molecular flexibility index (Phi) is 6.30. The van der Waals surface area contributed by atoms with Crippen LogP contribution in [0.25, 0.3) is 10.2 Å². The molecule has 2 aliphatic carbocycles. The van der Waals surface area contributed by atoms with Crippen LogP contribution in [0.3, 0.4) is 0 Å². The number of amides is 1. The van der Waals surface area contributed by atoms with Crippen molar-refractivity contribution in [3.8, 4) is 6.07 Å². The zero-order chi connectivity index (χ0) is 21.1. The maximum Gasteiger partial charge on any atom is 0.263 e. The minimum absolute atomic E-state index is 0.0357. The standard InChI is InChI=1S/C22H26N4O2S2/c1-2-12-26-20(28)18-15-8-4-3-5-9-16(15)30-19(18)24-21(26)29-13-17(27)25-22(14-23)10-6-7-11-22/h2H,1,3-13H2,(H,25,27). The number of thioether (sulfide) groups is 1. The number of carbonyl (C=O) groups is 1. The Morgan fingerprint density at radius 1 is 1.30 bits per heavy atom. The van der Waals surface area contributed by atoms with Crippen LogP contribution >= 0.6 is 23.1 Å². The Bertz CT molecular complexity index is 1070. The summed E-state index contributed by atoms with van der Waals surface area (Å²) in [6, 6.07) is 2.28. The fourth-order valence-corrected chi connectivity index (χ4v) is 6.58. The van der Waals surface area contributed by atoms with Gasteiger partial charge in [0.05, 0.1) is 17.2 Å². The van der Waals surface area contributed by atoms with E-state index in [9.17, 15) is 14.9 Å². The lowest BCUT2D eigenvalue weighted by atomic mass is 10.0. The van der Waals surface area contributed by atoms with Gasteiger partial charge in [0, 0.05) is 11.4 Å². The highest BCUT2D eigenvalue weighted by Crippen LogP contribution is 2.34. The average Bonchev–Trinajstić information content (AvgIpc) is 3.27. The zero-order valence-corrected chi connectivity index (χ0v) is 18.7. The second-order valence-corrected chi connectivity index (χ2v) is 10.1. The SMILES string of the molecule is C=CCn1c(SCC(=O)NC2(C#N)CCCC2)nc2sc3c(c2c1=O)CCCCC3. The number of carbonyl (C=O) groups excluding carboxylic acids is 1. The predicted octanol–water partition coefficient (Wildman–Crippen LogP) is 3.96. The van der Waals surface area contributed by atoms with Crippen molar-refractivity contribution in [2.45, 2.75) is 75.0 Å². The molecular weight excluding hydrogens is 416 g/mol. The number of aromatic nitrogens is 2. The van der Waals surface area contributed by atoms with Crippen LogP contribution in [0.4, 0.5) is 0 Å². The largest absolute Gasteiger partial charge is 0.337 e. The summed E-state index contributed by atoms with van der Waals surface area (Å²) < 4.78 is 1.63. The first-order chi connectivity index (χ1) is 14.6. The summed E-state index contributed by atoms with van der Waals surface area (Å²) in [7, 11) is 0. The molecule has 1 saturated carbocycles. The number of aryl methyl sites for hydroxylation is 2. The van der Waals surface area contributed by atoms with Crippen molar-refractivity contribution in [1.29, 1.82) is 5.26 Å². The third-order valence-corrected chi connectivity index (χ3v) is 8.15. The maximum absolute atomic E-state index is 13.3. The van der Waals surface area contributed by atoms with Crippen molar-refractivity contribution in [2.24, 2.45) is 0 Å². The lowest BCUT2D eigenvalue weighted by molar-refractivity contribution is -0.119. The van der Waals surface area contributed by atoms with Gasteiger partial charge >= 0.3 is 0 Å². The first kappa shape index (κ1) is 21.1. The quantitative estimate of drug-likeness (QED) is 0.317. The lowest BCUT2D eigenvalue weighted by Crippen LogP contribution is -2.45. The fourth-order valence-electron chi connectivity index (χ4n) is 4.47. The number of fused-ring (bicyclic) bond motifs is 3. The van der Waals surface area contributed by atoms with Crippen LogP contribution in [0.2, 0.25) is 0 Å². The normalized spacial score (nSPS) is 17.8. The molecule has 1 fully saturated rings. The van der Waals surface area contributed by atoms with Gasteiger partial charge in [0.2, 0.25) is 5.91 Å². The van der Waals surface area contributed by atoms with Crippen LogP contribution in [0, 0.1) is 11.3 Å². The number of rotatable bonds is 6. The summed E-state index contributed by atoms with van der Waals surface area (Å²) >= 11 is 2.88. The van der Waals surface area contributed by atoms with Crippen molar-refractivity contribution < 1.29 is 4.79 Å². The molecule has 0 unspecified atom stereocenters. The zero-order valence-electron chi connectivity index (χ0n) is 17.0. The predicted molar refractivity (Wildman–Crippen MR) is 121 cm³/mol. The topological polar surface area (TPSA) is 87.8 Å². The van der Waals surface area contributed by atoms with E-state index in [1.54, 1.807) is 22.0 Å². The Hall–Kier alpha value is -2.11. The summed E-state index contributed by atoms with van der Waals surface area (Å²) in [6.07, 6.45) is 10.4. The molecule has 0 bridgehead atoms. The van der Waals surface area contributed by atoms with Crippen molar-refractivity contribution >= 4 is 39.2 Å². The van der Waals surface area contributed by atoms with Gasteiger partial charge in [-0.25, -0.2) is 4.98 Å². The summed E-state index contributed by atoms with van der Waals surface area (Å²) in [6.45, 7) is 4.14. The molecule has 6 nitrogen and oxygen atoms in total. The molecule has 2 aromatic heterocycles. The molecule has 8 heteroatoms. The fraction of sp³-hybridized carbons (Fsp3) is 0.545. The molecule has 0 radical (unpaired) electrons. The second kappa shape index (κ2) is 8.94. The Balaban J connectivity index is 1.61. The van der Waals surface area contributed by atoms with Gasteiger partial charge in [-0.2, -0.15) is 5.26 Å². The van der Waals surface area contributed by atoms with Crippen LogP contribution in [0.5, 0.6) is 0 Å². The van der Waals surface area contributed by atoms with Crippen LogP contribution in [-0.2, 0) is 24.2 Å². The molecule has 0 saturated heterocycles. The summed E-state index contributed by atoms with van der Waals surface area (Å²) in [5, 5.41) is 13.7. The number of thiophene rings is 1. The summed E-state index contributed by atoms with van der Waals surface area (Å²) in [5.74, 6) is -0.0613. The molecule has 0 spiro atoms. The van der Waals surface area contributed by atoms with Crippen LogP contribution < -0.4 is 10.9 Å². The molecule has 2 aliphatic rings. The van der Waals surface area contributed by atoms with Crippen molar-refractivity contribution in [1.82, 2.24) is 14.9 Å². The molecule has 158 valence electrons. The molecule has 2 aromatic rings. The van der Waals surface area contributed by atoms with Crippen LogP contribution in [0.15, 0.2) is 22.6 Å². The number of nitrogens with one attached hydrogen (secondary N) is 1. The van der Waals surface area contributed by atoms with E-state index in [1.807, 2.05) is 0 Å². The smallest absolute Gasteiger partial charge is 0.263 e. The molecule has 30 heavy (non-hydrogen) atoms. The second-order valence-electron chi connectivity index (χ2n) is 8.08. The van der Waals surface area contributed by atoms with Gasteiger partial charge in [0.25, 0.3) is 5.56 Å². The minimum Gasteiger partial charge on any atom is -0.337 e. The highest BCUT2D eigenvalue weighted by Gasteiger charge is 2.35. The minimum atomic E-state index is -0.735. The third kappa shape index (κ3) is 4.06. The first-order valence-corrected chi connectivity index (χ1v) is 12.4. The Morgan fingerprint density at radius 2 is 2.07 bits per heavy atom. The maximum atomic E-state index is 13.3. The number of nitriles is 1. The molecule has 0 aliphatic heterocycles. The molecule has 1 N–H and O–H groups in total. The Labute approximate surface area is 184 Å². The molecule has 0 atom stereocenters. The summed E-state index contributed by atoms with van der Waals surface area (Å²) in [5.41, 5.74) is 0.405. The number of hydrogen-bond donors (Lipinski definition) is 1. The number of hydrogen-bond acceptors (Lipinski definition) is 6. The monoisotopic (exact) mass is 442 g/mol. The molecule has 4 rings (SSSR count). The highest BCUT2D eigenvalue weighted by molar-refractivity contribution is 7.99. The van der Waals surface area contributed by atoms with E-state index in [2.05, 4.69) is 18.0 Å². The van der Waals surface area contributed by atoms with E-state index in [4.69, 9.17) is 4.98 Å². The van der Waals surface area contributed by atoms with Crippen molar-refractivity contribution in [3.05, 3.63) is 33.4 Å². The van der Waals surface area contributed by atoms with E-state index < -0.39 is 5.54 Å². The average molecular weight is 443 g/mol. The van der Waals surface area contributed by atoms with Gasteiger partial charge in [-0.15, -0.1) is 17.9 Å². The van der Waals surface area contributed by atoms with Gasteiger partial charge in [0.1, 0.15) is 10.4 Å². The van der Waals surface area contributed by atoms with Crippen LogP contribution in [0.1, 0.15) is 55.4 Å². The molecule has 0 aromatic carbocycles. The highest BCUT2D eigenvalue weighted by atomic mass is 32.2. The lowest BCUT2D eigenvalue weighted by Gasteiger charge is -2.21. The molecule has 1 amide bonds. The Morgan fingerprint density at radius 3 is 2.80 bits per heavy atom. The van der Waals surface area contributed by atoms with E-state index in [0.717, 1.165) is 48.7 Å². The van der Waals surface area contributed by atoms with E-state index in [0.29, 0.717) is 24.5 Å². The summed E-state index contributed by atoms with van der Waals surface area (Å²) in [4.78, 5) is 32.7. The van der Waals surface area contributed by atoms with Gasteiger partial charge in [-0.05, 0) is 56.9 Å². The van der Waals surface area contributed by atoms with E-state index in [1.165, 1.54) is 28.6 Å². The van der Waals surface area contributed by atoms with Gasteiger partial charge in [0.15, 0.2) is 5.16 Å². The van der Waals surface area contributed by atoms with E-state index in [-0.39, 0.29) is 17.2 Å². The van der Waals surface area contributed by atoms with Gasteiger partial charge in [-0.1, -0.05) is 24.3 Å². The third-order valence-electron chi connectivity index (χ3n) is 5.98. The first-order valence-electron chi connectivity index (χ1n) is 10.6. The van der Waals surface area contributed by atoms with Crippen molar-refractivity contribution in [2.75, 3.05) is 5.75 Å². The van der Waals surface area contributed by atoms with E-state index >= 15 is 0 Å². The number of allylic oxidation sites excluding steroid dienone is 1. The molecular formula is C22H26N4O2S2.